The van der Waals surface area contributed by atoms with Gasteiger partial charge in [0.1, 0.15) is 6.61 Å². The van der Waals surface area contributed by atoms with Gasteiger partial charge in [-0.2, -0.15) is 0 Å². The minimum atomic E-state index is -0.389. The van der Waals surface area contributed by atoms with Gasteiger partial charge in [-0.25, -0.2) is 4.79 Å². The molecule has 0 aromatic rings. The molecule has 0 saturated carbocycles. The van der Waals surface area contributed by atoms with Crippen LogP contribution in [0.25, 0.3) is 0 Å². The summed E-state index contributed by atoms with van der Waals surface area (Å²) < 4.78 is 5.15. The Kier molecular flexibility index (Phi) is 17.6. The van der Waals surface area contributed by atoms with E-state index in [0.29, 0.717) is 19.6 Å². The summed E-state index contributed by atoms with van der Waals surface area (Å²) in [6.07, 6.45) is 6.67. The number of hydrogen-bond donors (Lipinski definition) is 5. The predicted molar refractivity (Wildman–Crippen MR) is 112 cm³/mol. The fourth-order valence-corrected chi connectivity index (χ4v) is 2.24. The molecule has 1 amide bonds. The summed E-state index contributed by atoms with van der Waals surface area (Å²) >= 11 is 0. The van der Waals surface area contributed by atoms with Crippen LogP contribution in [-0.4, -0.2) is 63.6 Å². The third-order valence-corrected chi connectivity index (χ3v) is 3.76. The van der Waals surface area contributed by atoms with Gasteiger partial charge < -0.3 is 32.6 Å². The molecule has 0 bridgehead atoms. The second kappa shape index (κ2) is 18.9. The molecule has 8 N–H and O–H groups in total. The van der Waals surface area contributed by atoms with Crippen molar-refractivity contribution in [1.82, 2.24) is 10.6 Å². The second-order valence-corrected chi connectivity index (χ2v) is 6.44. The first-order valence-corrected chi connectivity index (χ1v) is 9.93. The van der Waals surface area contributed by atoms with Crippen molar-refractivity contribution in [2.45, 2.75) is 51.9 Å². The predicted octanol–water partition coefficient (Wildman–Crippen LogP) is 0.726. The lowest BCUT2D eigenvalue weighted by Gasteiger charge is -2.07. The molecular formula is C18H39N7O2. The van der Waals surface area contributed by atoms with Crippen LogP contribution < -0.4 is 27.8 Å². The van der Waals surface area contributed by atoms with Crippen molar-refractivity contribution in [3.63, 3.8) is 0 Å². The van der Waals surface area contributed by atoms with Gasteiger partial charge in [-0.05, 0) is 58.7 Å². The number of nitrogens with two attached hydrogens (primary N) is 3. The number of nitrogens with one attached hydrogen (secondary N) is 2. The standard InChI is InChI=1S/C18H39N7O2/c1-16(23-12-4-2-3-5-13-24-17(20)21)15-27-18(26)25-14-7-6-10-22-11-8-9-19/h22H,2-15,19H2,1H3,(H,25,26)(H4,20,21,24). The Bertz CT molecular complexity index is 424. The average Bonchev–Trinajstić information content (AvgIpc) is 2.64. The van der Waals surface area contributed by atoms with Crippen molar-refractivity contribution in [3.8, 4) is 0 Å². The monoisotopic (exact) mass is 385 g/mol. The molecule has 0 unspecified atom stereocenters. The number of hydrogen-bond acceptors (Lipinski definition) is 6. The van der Waals surface area contributed by atoms with Crippen molar-refractivity contribution in [2.24, 2.45) is 27.2 Å². The van der Waals surface area contributed by atoms with Crippen LogP contribution in [0.3, 0.4) is 0 Å². The zero-order valence-electron chi connectivity index (χ0n) is 16.8. The van der Waals surface area contributed by atoms with E-state index in [9.17, 15) is 4.79 Å². The molecule has 0 aliphatic carbocycles. The van der Waals surface area contributed by atoms with Gasteiger partial charge in [-0.1, -0.05) is 12.8 Å². The Morgan fingerprint density at radius 2 is 1.52 bits per heavy atom. The van der Waals surface area contributed by atoms with Gasteiger partial charge in [-0.15, -0.1) is 0 Å². The normalized spacial score (nSPS) is 11.3. The number of alkyl carbamates (subject to hydrolysis) is 1. The lowest BCUT2D eigenvalue weighted by molar-refractivity contribution is 0.161. The molecular weight excluding hydrogens is 346 g/mol. The van der Waals surface area contributed by atoms with Gasteiger partial charge in [-0.3, -0.25) is 9.98 Å². The van der Waals surface area contributed by atoms with E-state index in [-0.39, 0.29) is 18.7 Å². The molecule has 0 rings (SSSR count). The van der Waals surface area contributed by atoms with Crippen LogP contribution in [0.5, 0.6) is 0 Å². The number of carbonyl (C=O) groups excluding carboxylic acids is 1. The molecule has 0 saturated heterocycles. The van der Waals surface area contributed by atoms with E-state index < -0.39 is 0 Å². The van der Waals surface area contributed by atoms with Crippen LogP contribution >= 0.6 is 0 Å². The number of nitrogens with zero attached hydrogens (tertiary/aromatic N) is 2. The maximum atomic E-state index is 11.6. The zero-order chi connectivity index (χ0) is 20.2. The first-order valence-electron chi connectivity index (χ1n) is 9.93. The number of rotatable bonds is 17. The Morgan fingerprint density at radius 1 is 0.889 bits per heavy atom. The fraction of sp³-hybridized carbons (Fsp3) is 0.833. The van der Waals surface area contributed by atoms with Crippen molar-refractivity contribution < 1.29 is 9.53 Å². The van der Waals surface area contributed by atoms with Crippen LogP contribution in [0.1, 0.15) is 51.9 Å². The van der Waals surface area contributed by atoms with Gasteiger partial charge in [0, 0.05) is 25.3 Å². The maximum absolute atomic E-state index is 11.6. The van der Waals surface area contributed by atoms with Crippen molar-refractivity contribution in [1.29, 1.82) is 0 Å². The van der Waals surface area contributed by atoms with E-state index in [0.717, 1.165) is 70.3 Å². The molecule has 0 aromatic carbocycles. The summed E-state index contributed by atoms with van der Waals surface area (Å²) in [4.78, 5) is 20.0. The van der Waals surface area contributed by atoms with Crippen LogP contribution in [0.4, 0.5) is 4.79 Å². The number of guanidine groups is 1. The summed E-state index contributed by atoms with van der Waals surface area (Å²) in [7, 11) is 0. The van der Waals surface area contributed by atoms with E-state index in [1.807, 2.05) is 6.92 Å². The number of ether oxygens (including phenoxy) is 1. The molecule has 0 aliphatic heterocycles. The van der Waals surface area contributed by atoms with Crippen LogP contribution in [0.15, 0.2) is 9.98 Å². The van der Waals surface area contributed by atoms with Crippen molar-refractivity contribution in [3.05, 3.63) is 0 Å². The van der Waals surface area contributed by atoms with Crippen LogP contribution in [-0.2, 0) is 4.74 Å². The molecule has 0 aromatic heterocycles. The van der Waals surface area contributed by atoms with Gasteiger partial charge in [0.05, 0.1) is 0 Å². The highest BCUT2D eigenvalue weighted by atomic mass is 16.5. The minimum absolute atomic E-state index is 0.148. The summed E-state index contributed by atoms with van der Waals surface area (Å²) in [5.41, 5.74) is 16.8. The summed E-state index contributed by atoms with van der Waals surface area (Å²) in [5.74, 6) is 0.148. The Hall–Kier alpha value is -1.87. The van der Waals surface area contributed by atoms with Gasteiger partial charge in [0.2, 0.25) is 0 Å². The quantitative estimate of drug-likeness (QED) is 0.141. The summed E-state index contributed by atoms with van der Waals surface area (Å²) in [6.45, 7) is 6.75. The largest absolute Gasteiger partial charge is 0.443 e. The first-order chi connectivity index (χ1) is 13.1. The number of unbranched alkanes of at least 4 members (excludes halogenated alkanes) is 4. The number of amides is 1. The topological polar surface area (TPSA) is 153 Å². The minimum Gasteiger partial charge on any atom is -0.443 e. The molecule has 0 aliphatic rings. The van der Waals surface area contributed by atoms with E-state index in [2.05, 4.69) is 20.6 Å². The van der Waals surface area contributed by atoms with E-state index >= 15 is 0 Å². The molecule has 27 heavy (non-hydrogen) atoms. The van der Waals surface area contributed by atoms with Crippen LogP contribution in [0.2, 0.25) is 0 Å². The lowest BCUT2D eigenvalue weighted by Crippen LogP contribution is -2.28. The second-order valence-electron chi connectivity index (χ2n) is 6.44. The van der Waals surface area contributed by atoms with Crippen LogP contribution in [0, 0.1) is 0 Å². The van der Waals surface area contributed by atoms with E-state index in [4.69, 9.17) is 21.9 Å². The lowest BCUT2D eigenvalue weighted by atomic mass is 10.2. The molecule has 9 nitrogen and oxygen atoms in total. The van der Waals surface area contributed by atoms with Gasteiger partial charge >= 0.3 is 6.09 Å². The van der Waals surface area contributed by atoms with E-state index in [1.54, 1.807) is 0 Å². The maximum Gasteiger partial charge on any atom is 0.407 e. The summed E-state index contributed by atoms with van der Waals surface area (Å²) in [6, 6.07) is 0. The van der Waals surface area contributed by atoms with E-state index in [1.165, 1.54) is 0 Å². The SMILES string of the molecule is CC(COC(=O)NCCCCNCCCN)=NCCCCCCN=C(N)N. The third-order valence-electron chi connectivity index (χ3n) is 3.76. The Labute approximate surface area is 163 Å². The first kappa shape index (κ1) is 25.1. The molecule has 0 spiro atoms. The van der Waals surface area contributed by atoms with Crippen molar-refractivity contribution >= 4 is 17.8 Å². The molecule has 0 atom stereocenters. The molecule has 9 heteroatoms. The number of aliphatic imine (C=N–C) groups is 2. The molecule has 158 valence electrons. The highest BCUT2D eigenvalue weighted by Gasteiger charge is 2.02. The smallest absolute Gasteiger partial charge is 0.407 e. The Morgan fingerprint density at radius 3 is 2.19 bits per heavy atom. The Balaban J connectivity index is 3.48. The molecule has 0 fully saturated rings. The summed E-state index contributed by atoms with van der Waals surface area (Å²) in [5, 5.41) is 6.05. The fourth-order valence-electron chi connectivity index (χ4n) is 2.24. The van der Waals surface area contributed by atoms with Crippen molar-refractivity contribution in [2.75, 3.05) is 45.9 Å². The van der Waals surface area contributed by atoms with Gasteiger partial charge in [0.15, 0.2) is 5.96 Å². The molecule has 0 heterocycles. The third kappa shape index (κ3) is 20.3. The average molecular weight is 386 g/mol. The highest BCUT2D eigenvalue weighted by Crippen LogP contribution is 2.00. The highest BCUT2D eigenvalue weighted by molar-refractivity contribution is 5.85. The number of carbonyl (C=O) groups is 1. The molecule has 0 radical (unpaired) electrons. The zero-order valence-corrected chi connectivity index (χ0v) is 16.8. The van der Waals surface area contributed by atoms with Gasteiger partial charge in [0.25, 0.3) is 0 Å².